The van der Waals surface area contributed by atoms with Gasteiger partial charge in [-0.1, -0.05) is 54.1 Å². The third-order valence-electron chi connectivity index (χ3n) is 2.33. The second-order valence-electron chi connectivity index (χ2n) is 3.43. The van der Waals surface area contributed by atoms with Crippen LogP contribution in [0.1, 0.15) is 32.6 Å². The highest BCUT2D eigenvalue weighted by atomic mass is 35.9. The molecule has 1 rings (SSSR count). The first-order chi connectivity index (χ1) is 5.00. The zero-order valence-corrected chi connectivity index (χ0v) is 9.82. The van der Waals surface area contributed by atoms with Crippen LogP contribution in [0, 0.1) is 5.92 Å². The van der Waals surface area contributed by atoms with Gasteiger partial charge in [0.15, 0.2) is 0 Å². The van der Waals surface area contributed by atoms with Crippen LogP contribution in [0.3, 0.4) is 0 Å². The zero-order chi connectivity index (χ0) is 8.48. The molecular formula is C7H13Cl2PS. The van der Waals surface area contributed by atoms with Gasteiger partial charge in [-0.25, -0.2) is 0 Å². The second-order valence-corrected chi connectivity index (χ2v) is 11.8. The van der Waals surface area contributed by atoms with E-state index in [9.17, 15) is 0 Å². The van der Waals surface area contributed by atoms with Gasteiger partial charge in [-0.05, 0) is 18.8 Å². The Labute approximate surface area is 83.2 Å². The molecule has 0 bridgehead atoms. The minimum atomic E-state index is -2.00. The van der Waals surface area contributed by atoms with Crippen molar-refractivity contribution in [3.63, 3.8) is 0 Å². The topological polar surface area (TPSA) is 0 Å². The maximum Gasteiger partial charge on any atom is 0.122 e. The molecule has 0 heterocycles. The third kappa shape index (κ3) is 3.22. The number of halogens is 2. The first-order valence-electron chi connectivity index (χ1n) is 3.99. The van der Waals surface area contributed by atoms with Crippen molar-refractivity contribution in [2.75, 3.05) is 0 Å². The molecule has 0 aromatic heterocycles. The molecule has 2 atom stereocenters. The molecule has 0 N–H and O–H groups in total. The summed E-state index contributed by atoms with van der Waals surface area (Å²) >= 11 is 17.0. The van der Waals surface area contributed by atoms with Gasteiger partial charge < -0.3 is 0 Å². The van der Waals surface area contributed by atoms with Crippen LogP contribution in [0.25, 0.3) is 0 Å². The van der Waals surface area contributed by atoms with Crippen molar-refractivity contribution in [2.24, 2.45) is 5.92 Å². The van der Waals surface area contributed by atoms with Crippen molar-refractivity contribution in [1.29, 1.82) is 0 Å². The van der Waals surface area contributed by atoms with Crippen LogP contribution in [0.4, 0.5) is 0 Å². The lowest BCUT2D eigenvalue weighted by molar-refractivity contribution is 0.393. The van der Waals surface area contributed by atoms with Crippen LogP contribution in [0.5, 0.6) is 0 Å². The molecule has 66 valence electrons. The van der Waals surface area contributed by atoms with Gasteiger partial charge in [-0.3, -0.25) is 0 Å². The van der Waals surface area contributed by atoms with Crippen molar-refractivity contribution in [1.82, 2.24) is 0 Å². The van der Waals surface area contributed by atoms with Crippen LogP contribution in [-0.4, -0.2) is 5.66 Å². The Bertz CT molecular complexity index is 177. The van der Waals surface area contributed by atoms with Gasteiger partial charge in [0.1, 0.15) is 4.74 Å². The third-order valence-corrected chi connectivity index (χ3v) is 6.20. The molecule has 0 aliphatic heterocycles. The lowest BCUT2D eigenvalue weighted by atomic mass is 9.91. The predicted molar refractivity (Wildman–Crippen MR) is 57.4 cm³/mol. The Balaban J connectivity index is 2.53. The second kappa shape index (κ2) is 3.96. The van der Waals surface area contributed by atoms with Crippen LogP contribution < -0.4 is 0 Å². The fraction of sp³-hybridized carbons (Fsp3) is 1.00. The molecule has 1 fully saturated rings. The molecule has 0 amide bonds. The number of rotatable bonds is 1. The van der Waals surface area contributed by atoms with Gasteiger partial charge >= 0.3 is 0 Å². The van der Waals surface area contributed by atoms with Crippen LogP contribution >= 0.6 is 27.2 Å². The van der Waals surface area contributed by atoms with Gasteiger partial charge in [0.25, 0.3) is 0 Å². The van der Waals surface area contributed by atoms with Crippen molar-refractivity contribution in [2.45, 2.75) is 38.3 Å². The van der Waals surface area contributed by atoms with Gasteiger partial charge in [0.05, 0.1) is 0 Å². The van der Waals surface area contributed by atoms with Crippen LogP contribution in [-0.2, 0) is 11.8 Å². The predicted octanol–water partition coefficient (Wildman–Crippen LogP) is 4.35. The summed E-state index contributed by atoms with van der Waals surface area (Å²) in [5.41, 5.74) is 0.435. The maximum atomic E-state index is 5.97. The lowest BCUT2D eigenvalue weighted by Crippen LogP contribution is -2.15. The van der Waals surface area contributed by atoms with E-state index in [1.165, 1.54) is 12.8 Å². The Morgan fingerprint density at radius 2 is 2.00 bits per heavy atom. The highest BCUT2D eigenvalue weighted by Crippen LogP contribution is 2.65. The standard InChI is InChI=1S/C7H13Cl2PS/c1-6-3-2-4-7(5-6)10(8,9)11/h6-7H,2-5H2,1H3. The molecule has 0 spiro atoms. The number of hydrogen-bond acceptors (Lipinski definition) is 1. The minimum Gasteiger partial charge on any atom is -0.0681 e. The van der Waals surface area contributed by atoms with Crippen molar-refractivity contribution in [3.05, 3.63) is 0 Å². The molecule has 0 radical (unpaired) electrons. The summed E-state index contributed by atoms with van der Waals surface area (Å²) in [4.78, 5) is 0. The minimum absolute atomic E-state index is 0.435. The molecule has 2 unspecified atom stereocenters. The van der Waals surface area contributed by atoms with E-state index < -0.39 is 4.74 Å². The Morgan fingerprint density at radius 1 is 1.36 bits per heavy atom. The normalized spacial score (nSPS) is 33.7. The quantitative estimate of drug-likeness (QED) is 0.604. The zero-order valence-electron chi connectivity index (χ0n) is 6.59. The summed E-state index contributed by atoms with van der Waals surface area (Å²) in [6, 6.07) is 0. The fourth-order valence-corrected chi connectivity index (χ4v) is 4.40. The molecule has 0 nitrogen and oxygen atoms in total. The average molecular weight is 231 g/mol. The molecule has 0 aromatic carbocycles. The van der Waals surface area contributed by atoms with Gasteiger partial charge in [-0.2, -0.15) is 0 Å². The summed E-state index contributed by atoms with van der Waals surface area (Å²) in [5, 5.41) is 0. The van der Waals surface area contributed by atoms with E-state index in [1.807, 2.05) is 0 Å². The molecular weight excluding hydrogens is 218 g/mol. The summed E-state index contributed by atoms with van der Waals surface area (Å²) in [6.07, 6.45) is 4.86. The van der Waals surface area contributed by atoms with Gasteiger partial charge in [-0.15, -0.1) is 0 Å². The largest absolute Gasteiger partial charge is 0.122 e. The fourth-order valence-electron chi connectivity index (χ4n) is 1.68. The molecule has 1 aliphatic carbocycles. The lowest BCUT2D eigenvalue weighted by Gasteiger charge is -2.28. The van der Waals surface area contributed by atoms with E-state index >= 15 is 0 Å². The molecule has 11 heavy (non-hydrogen) atoms. The summed E-state index contributed by atoms with van der Waals surface area (Å²) < 4.78 is -2.00. The SMILES string of the molecule is CC1CCCC(P(=S)(Cl)Cl)C1. The first kappa shape index (κ1) is 10.3. The van der Waals surface area contributed by atoms with Crippen LogP contribution in [0.2, 0.25) is 0 Å². The monoisotopic (exact) mass is 230 g/mol. The van der Waals surface area contributed by atoms with Gasteiger partial charge in [0.2, 0.25) is 0 Å². The Kier molecular flexibility index (Phi) is 3.71. The van der Waals surface area contributed by atoms with E-state index in [0.717, 1.165) is 18.8 Å². The van der Waals surface area contributed by atoms with Crippen molar-refractivity contribution < 1.29 is 0 Å². The average Bonchev–Trinajstić information content (AvgIpc) is 1.86. The first-order valence-corrected chi connectivity index (χ1v) is 8.67. The van der Waals surface area contributed by atoms with Gasteiger partial charge in [0, 0.05) is 5.66 Å². The molecule has 4 heteroatoms. The molecule has 1 saturated carbocycles. The van der Waals surface area contributed by atoms with E-state index in [4.69, 9.17) is 34.3 Å². The Hall–Kier alpha value is 1.23. The molecule has 0 saturated heterocycles. The highest BCUT2D eigenvalue weighted by molar-refractivity contribution is 8.39. The van der Waals surface area contributed by atoms with E-state index in [0.29, 0.717) is 5.66 Å². The van der Waals surface area contributed by atoms with E-state index in [-0.39, 0.29) is 0 Å². The van der Waals surface area contributed by atoms with Crippen molar-refractivity contribution >= 4 is 39.0 Å². The molecule has 0 aromatic rings. The van der Waals surface area contributed by atoms with Crippen molar-refractivity contribution in [3.8, 4) is 0 Å². The summed E-state index contributed by atoms with van der Waals surface area (Å²) in [6.45, 7) is 2.25. The molecule has 1 aliphatic rings. The summed E-state index contributed by atoms with van der Waals surface area (Å²) in [5.74, 6) is 0.772. The maximum absolute atomic E-state index is 5.97. The smallest absolute Gasteiger partial charge is 0.0681 e. The summed E-state index contributed by atoms with van der Waals surface area (Å²) in [7, 11) is 0. The van der Waals surface area contributed by atoms with E-state index in [2.05, 4.69) is 6.92 Å². The highest BCUT2D eigenvalue weighted by Gasteiger charge is 2.28. The Morgan fingerprint density at radius 3 is 2.36 bits per heavy atom. The van der Waals surface area contributed by atoms with Crippen LogP contribution in [0.15, 0.2) is 0 Å². The number of hydrogen-bond donors (Lipinski definition) is 0. The van der Waals surface area contributed by atoms with E-state index in [1.54, 1.807) is 0 Å².